The van der Waals surface area contributed by atoms with Crippen LogP contribution in [0.3, 0.4) is 0 Å². The zero-order valence-electron chi connectivity index (χ0n) is 9.16. The molecule has 0 aliphatic heterocycles. The van der Waals surface area contributed by atoms with Gasteiger partial charge in [-0.15, -0.1) is 0 Å². The van der Waals surface area contributed by atoms with E-state index in [1.807, 2.05) is 38.1 Å². The number of carbonyl (C=O) groups is 1. The third-order valence-corrected chi connectivity index (χ3v) is 2.74. The highest BCUT2D eigenvalue weighted by Crippen LogP contribution is 2.26. The van der Waals surface area contributed by atoms with Gasteiger partial charge in [0.2, 0.25) is 0 Å². The van der Waals surface area contributed by atoms with E-state index < -0.39 is 11.4 Å². The number of hydrogen-bond acceptors (Lipinski definition) is 2. The second-order valence-electron chi connectivity index (χ2n) is 4.20. The number of rotatable bonds is 4. The van der Waals surface area contributed by atoms with Crippen LogP contribution in [0.4, 0.5) is 0 Å². The summed E-state index contributed by atoms with van der Waals surface area (Å²) < 4.78 is 0. The Morgan fingerprint density at radius 1 is 1.40 bits per heavy atom. The van der Waals surface area contributed by atoms with E-state index in [4.69, 9.17) is 10.8 Å². The van der Waals surface area contributed by atoms with Crippen LogP contribution in [-0.4, -0.2) is 17.6 Å². The van der Waals surface area contributed by atoms with Gasteiger partial charge in [-0.25, -0.2) is 0 Å². The zero-order valence-corrected chi connectivity index (χ0v) is 9.16. The second kappa shape index (κ2) is 4.45. The summed E-state index contributed by atoms with van der Waals surface area (Å²) in [7, 11) is 0. The summed E-state index contributed by atoms with van der Waals surface area (Å²) >= 11 is 0. The average molecular weight is 207 g/mol. The zero-order chi connectivity index (χ0) is 11.5. The molecular weight excluding hydrogens is 190 g/mol. The number of carboxylic acids is 1. The normalized spacial score (nSPS) is 14.6. The summed E-state index contributed by atoms with van der Waals surface area (Å²) in [6, 6.07) is 7.85. The van der Waals surface area contributed by atoms with E-state index in [2.05, 4.69) is 0 Å². The first-order valence-electron chi connectivity index (χ1n) is 4.97. The van der Waals surface area contributed by atoms with Crippen molar-refractivity contribution in [2.75, 3.05) is 6.54 Å². The van der Waals surface area contributed by atoms with Gasteiger partial charge in [-0.05, 0) is 12.5 Å². The quantitative estimate of drug-likeness (QED) is 0.789. The van der Waals surface area contributed by atoms with Crippen molar-refractivity contribution in [2.45, 2.75) is 25.7 Å². The van der Waals surface area contributed by atoms with Crippen molar-refractivity contribution in [1.29, 1.82) is 0 Å². The molecule has 1 unspecified atom stereocenters. The summed E-state index contributed by atoms with van der Waals surface area (Å²) in [5, 5.41) is 8.84. The molecule has 3 nitrogen and oxygen atoms in total. The summed E-state index contributed by atoms with van der Waals surface area (Å²) in [4.78, 5) is 10.8. The molecule has 82 valence electrons. The summed E-state index contributed by atoms with van der Waals surface area (Å²) in [5.74, 6) is -0.816. The van der Waals surface area contributed by atoms with Gasteiger partial charge in [0.05, 0.1) is 6.42 Å². The Kier molecular flexibility index (Phi) is 3.48. The molecule has 0 saturated heterocycles. The molecule has 1 aromatic carbocycles. The summed E-state index contributed by atoms with van der Waals surface area (Å²) in [6.07, 6.45) is 0.0621. The van der Waals surface area contributed by atoms with Gasteiger partial charge in [0.15, 0.2) is 0 Å². The fourth-order valence-electron chi connectivity index (χ4n) is 1.58. The van der Waals surface area contributed by atoms with Crippen LogP contribution in [0.5, 0.6) is 0 Å². The molecular formula is C12H17NO2. The van der Waals surface area contributed by atoms with Gasteiger partial charge in [0.25, 0.3) is 0 Å². The predicted molar refractivity (Wildman–Crippen MR) is 59.8 cm³/mol. The van der Waals surface area contributed by atoms with Gasteiger partial charge in [0.1, 0.15) is 0 Å². The fourth-order valence-corrected chi connectivity index (χ4v) is 1.58. The monoisotopic (exact) mass is 207 g/mol. The van der Waals surface area contributed by atoms with E-state index in [1.165, 1.54) is 0 Å². The number of hydrogen-bond donors (Lipinski definition) is 2. The van der Waals surface area contributed by atoms with Crippen molar-refractivity contribution in [3.05, 3.63) is 35.4 Å². The van der Waals surface area contributed by atoms with Crippen LogP contribution in [-0.2, 0) is 10.2 Å². The lowest BCUT2D eigenvalue weighted by Gasteiger charge is -2.26. The molecule has 0 radical (unpaired) electrons. The second-order valence-corrected chi connectivity index (χ2v) is 4.20. The maximum atomic E-state index is 10.8. The Labute approximate surface area is 89.9 Å². The Hall–Kier alpha value is -1.35. The van der Waals surface area contributed by atoms with Crippen molar-refractivity contribution < 1.29 is 9.90 Å². The first kappa shape index (κ1) is 11.7. The number of benzene rings is 1. The molecule has 15 heavy (non-hydrogen) atoms. The lowest BCUT2D eigenvalue weighted by molar-refractivity contribution is -0.138. The molecule has 0 saturated carbocycles. The Bertz CT molecular complexity index is 345. The van der Waals surface area contributed by atoms with E-state index in [1.54, 1.807) is 0 Å². The van der Waals surface area contributed by atoms with E-state index in [0.29, 0.717) is 6.54 Å². The molecule has 1 atom stereocenters. The smallest absolute Gasteiger partial charge is 0.304 e. The molecule has 0 aliphatic rings. The first-order chi connectivity index (χ1) is 6.98. The highest BCUT2D eigenvalue weighted by molar-refractivity contribution is 5.69. The van der Waals surface area contributed by atoms with Crippen LogP contribution in [0.25, 0.3) is 0 Å². The topological polar surface area (TPSA) is 63.3 Å². The molecule has 0 aromatic heterocycles. The van der Waals surface area contributed by atoms with Crippen molar-refractivity contribution in [3.8, 4) is 0 Å². The number of nitrogens with two attached hydrogens (primary N) is 1. The molecule has 1 aromatic rings. The molecule has 0 amide bonds. The highest BCUT2D eigenvalue weighted by Gasteiger charge is 2.27. The van der Waals surface area contributed by atoms with Crippen molar-refractivity contribution >= 4 is 5.97 Å². The van der Waals surface area contributed by atoms with Crippen molar-refractivity contribution in [2.24, 2.45) is 5.73 Å². The highest BCUT2D eigenvalue weighted by atomic mass is 16.4. The molecule has 0 aliphatic carbocycles. The maximum Gasteiger partial charge on any atom is 0.304 e. The molecule has 1 rings (SSSR count). The van der Waals surface area contributed by atoms with Gasteiger partial charge in [-0.2, -0.15) is 0 Å². The lowest BCUT2D eigenvalue weighted by Crippen LogP contribution is -2.34. The Balaban J connectivity index is 3.00. The number of carboxylic acid groups (broad SMARTS) is 1. The average Bonchev–Trinajstić information content (AvgIpc) is 2.17. The molecule has 3 N–H and O–H groups in total. The van der Waals surface area contributed by atoms with Crippen LogP contribution >= 0.6 is 0 Å². The predicted octanol–water partition coefficient (Wildman–Crippen LogP) is 1.69. The van der Waals surface area contributed by atoms with Crippen LogP contribution < -0.4 is 5.73 Å². The molecule has 0 fully saturated rings. The van der Waals surface area contributed by atoms with E-state index in [-0.39, 0.29) is 6.42 Å². The fraction of sp³-hybridized carbons (Fsp3) is 0.417. The van der Waals surface area contributed by atoms with Gasteiger partial charge in [-0.3, -0.25) is 4.79 Å². The summed E-state index contributed by atoms with van der Waals surface area (Å²) in [6.45, 7) is 4.22. The lowest BCUT2D eigenvalue weighted by atomic mass is 9.79. The minimum absolute atomic E-state index is 0.0621. The Morgan fingerprint density at radius 3 is 2.33 bits per heavy atom. The molecule has 0 bridgehead atoms. The van der Waals surface area contributed by atoms with Gasteiger partial charge in [0, 0.05) is 12.0 Å². The van der Waals surface area contributed by atoms with Crippen LogP contribution in [0.2, 0.25) is 0 Å². The van der Waals surface area contributed by atoms with E-state index in [0.717, 1.165) is 11.1 Å². The van der Waals surface area contributed by atoms with Gasteiger partial charge < -0.3 is 10.8 Å². The SMILES string of the molecule is Cc1ccc(C(C)(CN)CC(=O)O)cc1. The van der Waals surface area contributed by atoms with Crippen LogP contribution in [0, 0.1) is 6.92 Å². The van der Waals surface area contributed by atoms with Crippen molar-refractivity contribution in [3.63, 3.8) is 0 Å². The minimum atomic E-state index is -0.816. The third-order valence-electron chi connectivity index (χ3n) is 2.74. The van der Waals surface area contributed by atoms with Crippen molar-refractivity contribution in [1.82, 2.24) is 0 Å². The molecule has 0 spiro atoms. The minimum Gasteiger partial charge on any atom is -0.481 e. The number of aryl methyl sites for hydroxylation is 1. The first-order valence-corrected chi connectivity index (χ1v) is 4.97. The van der Waals surface area contributed by atoms with E-state index >= 15 is 0 Å². The molecule has 0 heterocycles. The Morgan fingerprint density at radius 2 is 1.93 bits per heavy atom. The van der Waals surface area contributed by atoms with Gasteiger partial charge >= 0.3 is 5.97 Å². The van der Waals surface area contributed by atoms with Crippen LogP contribution in [0.1, 0.15) is 24.5 Å². The summed E-state index contributed by atoms with van der Waals surface area (Å²) in [5.41, 5.74) is 7.33. The standard InChI is InChI=1S/C12H17NO2/c1-9-3-5-10(6-4-9)12(2,8-13)7-11(14)15/h3-6H,7-8,13H2,1-2H3,(H,14,15). The largest absolute Gasteiger partial charge is 0.481 e. The van der Waals surface area contributed by atoms with Gasteiger partial charge in [-0.1, -0.05) is 36.8 Å². The van der Waals surface area contributed by atoms with E-state index in [9.17, 15) is 4.79 Å². The van der Waals surface area contributed by atoms with Crippen LogP contribution in [0.15, 0.2) is 24.3 Å². The maximum absolute atomic E-state index is 10.8. The molecule has 3 heteroatoms. The number of aliphatic carboxylic acids is 1. The third kappa shape index (κ3) is 2.80.